The van der Waals surface area contributed by atoms with Gasteiger partial charge in [0, 0.05) is 11.1 Å². The van der Waals surface area contributed by atoms with Gasteiger partial charge in [-0.15, -0.1) is 0 Å². The molecular formula is C16H28BrNO. The van der Waals surface area contributed by atoms with Gasteiger partial charge in [-0.25, -0.2) is 0 Å². The summed E-state index contributed by atoms with van der Waals surface area (Å²) < 4.78 is 0. The summed E-state index contributed by atoms with van der Waals surface area (Å²) in [5.74, 6) is 0.300. The van der Waals surface area contributed by atoms with Crippen LogP contribution in [0.5, 0.6) is 0 Å². The molecule has 0 unspecified atom stereocenters. The van der Waals surface area contributed by atoms with Crippen molar-refractivity contribution in [1.29, 1.82) is 0 Å². The molecule has 2 saturated carbocycles. The molecular weight excluding hydrogens is 302 g/mol. The summed E-state index contributed by atoms with van der Waals surface area (Å²) in [6.07, 6.45) is 12.5. The van der Waals surface area contributed by atoms with Crippen LogP contribution in [0.4, 0.5) is 0 Å². The smallest absolute Gasteiger partial charge is 0.234 e. The fourth-order valence-corrected chi connectivity index (χ4v) is 4.64. The molecule has 2 aliphatic carbocycles. The third kappa shape index (κ3) is 3.17. The zero-order valence-electron chi connectivity index (χ0n) is 12.5. The van der Waals surface area contributed by atoms with E-state index in [1.807, 2.05) is 0 Å². The standard InChI is InChI=1S/C16H28BrNO/c1-15(9-5-3-6-10-15)18(14(19)13-17)16(2)11-7-4-8-12-16/h3-13H2,1-2H3. The molecule has 110 valence electrons. The van der Waals surface area contributed by atoms with Gasteiger partial charge in [0.15, 0.2) is 0 Å². The molecule has 0 aromatic heterocycles. The Balaban J connectivity index is 2.26. The minimum absolute atomic E-state index is 0.0925. The van der Waals surface area contributed by atoms with Crippen molar-refractivity contribution in [2.45, 2.75) is 89.1 Å². The number of halogens is 1. The van der Waals surface area contributed by atoms with Gasteiger partial charge in [0.25, 0.3) is 0 Å². The molecule has 0 spiro atoms. The van der Waals surface area contributed by atoms with Crippen LogP contribution in [0.1, 0.15) is 78.1 Å². The molecule has 2 nitrogen and oxygen atoms in total. The minimum atomic E-state index is 0.0925. The lowest BCUT2D eigenvalue weighted by Gasteiger charge is -2.54. The van der Waals surface area contributed by atoms with E-state index in [-0.39, 0.29) is 11.1 Å². The maximum atomic E-state index is 12.6. The minimum Gasteiger partial charge on any atom is -0.331 e. The first-order chi connectivity index (χ1) is 9.02. The van der Waals surface area contributed by atoms with Crippen molar-refractivity contribution in [3.05, 3.63) is 0 Å². The van der Waals surface area contributed by atoms with Crippen LogP contribution in [0, 0.1) is 0 Å². The van der Waals surface area contributed by atoms with E-state index in [4.69, 9.17) is 0 Å². The largest absolute Gasteiger partial charge is 0.331 e. The first kappa shape index (κ1) is 15.3. The van der Waals surface area contributed by atoms with Gasteiger partial charge in [-0.2, -0.15) is 0 Å². The Morgan fingerprint density at radius 3 is 1.58 bits per heavy atom. The number of carbonyl (C=O) groups excluding carboxylic acids is 1. The summed E-state index contributed by atoms with van der Waals surface area (Å²) in [6.45, 7) is 4.65. The van der Waals surface area contributed by atoms with Crippen LogP contribution < -0.4 is 0 Å². The van der Waals surface area contributed by atoms with Crippen LogP contribution in [-0.4, -0.2) is 27.2 Å². The number of amides is 1. The highest BCUT2D eigenvalue weighted by molar-refractivity contribution is 9.09. The van der Waals surface area contributed by atoms with Crippen molar-refractivity contribution in [2.24, 2.45) is 0 Å². The van der Waals surface area contributed by atoms with Crippen molar-refractivity contribution in [3.8, 4) is 0 Å². The summed E-state index contributed by atoms with van der Waals surface area (Å²) in [5, 5.41) is 0.470. The average Bonchev–Trinajstić information content (AvgIpc) is 2.39. The second kappa shape index (κ2) is 6.15. The summed E-state index contributed by atoms with van der Waals surface area (Å²) in [5.41, 5.74) is 0.185. The van der Waals surface area contributed by atoms with E-state index in [0.717, 1.165) is 0 Å². The molecule has 0 aliphatic heterocycles. The van der Waals surface area contributed by atoms with Gasteiger partial charge in [0.05, 0.1) is 5.33 Å². The van der Waals surface area contributed by atoms with Crippen molar-refractivity contribution < 1.29 is 4.79 Å². The van der Waals surface area contributed by atoms with Gasteiger partial charge in [-0.05, 0) is 39.5 Å². The molecule has 0 N–H and O–H groups in total. The summed E-state index contributed by atoms with van der Waals surface area (Å²) in [6, 6.07) is 0. The van der Waals surface area contributed by atoms with E-state index in [0.29, 0.717) is 11.2 Å². The Bertz CT molecular complexity index is 293. The molecule has 0 bridgehead atoms. The SMILES string of the molecule is CC1(N(C(=O)CBr)C2(C)CCCCC2)CCCCC1. The highest BCUT2D eigenvalue weighted by atomic mass is 79.9. The Hall–Kier alpha value is -0.0500. The van der Waals surface area contributed by atoms with Crippen LogP contribution in [0.3, 0.4) is 0 Å². The molecule has 0 aromatic rings. The molecule has 2 rings (SSSR count). The van der Waals surface area contributed by atoms with E-state index >= 15 is 0 Å². The predicted molar refractivity (Wildman–Crippen MR) is 83.6 cm³/mol. The maximum Gasteiger partial charge on any atom is 0.234 e. The molecule has 0 radical (unpaired) electrons. The van der Waals surface area contributed by atoms with Crippen LogP contribution in [-0.2, 0) is 4.79 Å². The quantitative estimate of drug-likeness (QED) is 0.690. The second-order valence-corrected chi connectivity index (χ2v) is 7.54. The van der Waals surface area contributed by atoms with E-state index in [2.05, 4.69) is 34.7 Å². The van der Waals surface area contributed by atoms with Gasteiger partial charge >= 0.3 is 0 Å². The van der Waals surface area contributed by atoms with Crippen molar-refractivity contribution in [2.75, 3.05) is 5.33 Å². The van der Waals surface area contributed by atoms with E-state index < -0.39 is 0 Å². The van der Waals surface area contributed by atoms with Gasteiger partial charge < -0.3 is 4.90 Å². The third-order valence-electron chi connectivity index (χ3n) is 5.30. The van der Waals surface area contributed by atoms with E-state index in [1.54, 1.807) is 0 Å². The predicted octanol–water partition coefficient (Wildman–Crippen LogP) is 4.66. The Kier molecular flexibility index (Phi) is 4.97. The number of carbonyl (C=O) groups is 1. The lowest BCUT2D eigenvalue weighted by molar-refractivity contribution is -0.147. The molecule has 1 amide bonds. The van der Waals surface area contributed by atoms with Crippen molar-refractivity contribution in [3.63, 3.8) is 0 Å². The van der Waals surface area contributed by atoms with Gasteiger partial charge in [0.1, 0.15) is 0 Å². The fourth-order valence-electron chi connectivity index (χ4n) is 4.39. The molecule has 3 heteroatoms. The van der Waals surface area contributed by atoms with Crippen molar-refractivity contribution in [1.82, 2.24) is 4.90 Å². The van der Waals surface area contributed by atoms with Gasteiger partial charge in [-0.1, -0.05) is 54.5 Å². The zero-order valence-corrected chi connectivity index (χ0v) is 14.1. The number of hydrogen-bond acceptors (Lipinski definition) is 1. The molecule has 0 heterocycles. The van der Waals surface area contributed by atoms with Crippen LogP contribution in [0.25, 0.3) is 0 Å². The number of rotatable bonds is 3. The van der Waals surface area contributed by atoms with Gasteiger partial charge in [-0.3, -0.25) is 4.79 Å². The molecule has 0 atom stereocenters. The first-order valence-electron chi connectivity index (χ1n) is 7.91. The maximum absolute atomic E-state index is 12.6. The number of hydrogen-bond donors (Lipinski definition) is 0. The van der Waals surface area contributed by atoms with Crippen LogP contribution in [0.2, 0.25) is 0 Å². The topological polar surface area (TPSA) is 20.3 Å². The summed E-state index contributed by atoms with van der Waals surface area (Å²) in [7, 11) is 0. The summed E-state index contributed by atoms with van der Waals surface area (Å²) >= 11 is 3.41. The van der Waals surface area contributed by atoms with Crippen LogP contribution in [0.15, 0.2) is 0 Å². The van der Waals surface area contributed by atoms with Crippen LogP contribution >= 0.6 is 15.9 Å². The highest BCUT2D eigenvalue weighted by Gasteiger charge is 2.46. The lowest BCUT2D eigenvalue weighted by atomic mass is 9.74. The Labute approximate surface area is 126 Å². The monoisotopic (exact) mass is 329 g/mol. The summed E-state index contributed by atoms with van der Waals surface area (Å²) in [4.78, 5) is 14.9. The first-order valence-corrected chi connectivity index (χ1v) is 9.03. The highest BCUT2D eigenvalue weighted by Crippen LogP contribution is 2.43. The van der Waals surface area contributed by atoms with Gasteiger partial charge in [0.2, 0.25) is 5.91 Å². The van der Waals surface area contributed by atoms with E-state index in [1.165, 1.54) is 64.2 Å². The number of nitrogens with zero attached hydrogens (tertiary/aromatic N) is 1. The van der Waals surface area contributed by atoms with E-state index in [9.17, 15) is 4.79 Å². The Morgan fingerprint density at radius 1 is 0.895 bits per heavy atom. The Morgan fingerprint density at radius 2 is 1.26 bits per heavy atom. The molecule has 19 heavy (non-hydrogen) atoms. The average molecular weight is 330 g/mol. The molecule has 0 saturated heterocycles. The number of alkyl halides is 1. The lowest BCUT2D eigenvalue weighted by Crippen LogP contribution is -2.62. The van der Waals surface area contributed by atoms with Crippen molar-refractivity contribution >= 4 is 21.8 Å². The second-order valence-electron chi connectivity index (χ2n) is 6.98. The molecule has 2 fully saturated rings. The normalized spacial score (nSPS) is 25.8. The molecule has 2 aliphatic rings. The zero-order chi connectivity index (χ0) is 13.9. The molecule has 0 aromatic carbocycles. The fraction of sp³-hybridized carbons (Fsp3) is 0.938. The third-order valence-corrected chi connectivity index (χ3v) is 5.78.